The molecule has 0 atom stereocenters. The van der Waals surface area contributed by atoms with Crippen LogP contribution in [0.3, 0.4) is 0 Å². The molecule has 2 rings (SSSR count). The summed E-state index contributed by atoms with van der Waals surface area (Å²) in [6.07, 6.45) is -0.0694. The zero-order valence-electron chi connectivity index (χ0n) is 12.8. The third-order valence-electron chi connectivity index (χ3n) is 3.18. The number of hydrogen-bond donors (Lipinski definition) is 2. The summed E-state index contributed by atoms with van der Waals surface area (Å²) in [7, 11) is -3.66. The molecular formula is C16H16ClFN2O3S. The van der Waals surface area contributed by atoms with E-state index in [1.807, 2.05) is 6.92 Å². The van der Waals surface area contributed by atoms with Crippen LogP contribution in [-0.4, -0.2) is 20.9 Å². The maximum atomic E-state index is 13.0. The number of rotatable bonds is 6. The molecule has 5 nitrogen and oxygen atoms in total. The molecule has 2 N–H and O–H groups in total. The Morgan fingerprint density at radius 2 is 1.83 bits per heavy atom. The highest BCUT2D eigenvalue weighted by Gasteiger charge is 2.14. The molecule has 0 aliphatic rings. The third-order valence-corrected chi connectivity index (χ3v) is 4.95. The molecule has 128 valence electrons. The number of amides is 1. The molecule has 0 bridgehead atoms. The molecule has 0 aliphatic heterocycles. The van der Waals surface area contributed by atoms with Gasteiger partial charge in [0.1, 0.15) is 5.82 Å². The summed E-state index contributed by atoms with van der Waals surface area (Å²) in [5.41, 5.74) is 1.29. The van der Waals surface area contributed by atoms with Crippen molar-refractivity contribution in [1.82, 2.24) is 4.72 Å². The van der Waals surface area contributed by atoms with E-state index in [-0.39, 0.29) is 22.9 Å². The predicted molar refractivity (Wildman–Crippen MR) is 91.0 cm³/mol. The maximum Gasteiger partial charge on any atom is 0.240 e. The van der Waals surface area contributed by atoms with E-state index in [0.29, 0.717) is 5.69 Å². The number of carbonyl (C=O) groups is 1. The van der Waals surface area contributed by atoms with Crippen LogP contribution in [-0.2, 0) is 14.8 Å². The Hall–Kier alpha value is -1.96. The molecule has 0 aliphatic carbocycles. The summed E-state index contributed by atoms with van der Waals surface area (Å²) in [6.45, 7) is 1.80. The molecule has 8 heteroatoms. The van der Waals surface area contributed by atoms with Crippen molar-refractivity contribution in [1.29, 1.82) is 0 Å². The zero-order chi connectivity index (χ0) is 17.7. The summed E-state index contributed by atoms with van der Waals surface area (Å²) >= 11 is 5.62. The zero-order valence-corrected chi connectivity index (χ0v) is 14.4. The lowest BCUT2D eigenvalue weighted by atomic mass is 10.2. The first-order valence-corrected chi connectivity index (χ1v) is 8.95. The van der Waals surface area contributed by atoms with Gasteiger partial charge < -0.3 is 5.32 Å². The van der Waals surface area contributed by atoms with Crippen molar-refractivity contribution in [2.75, 3.05) is 11.9 Å². The van der Waals surface area contributed by atoms with E-state index in [1.165, 1.54) is 24.3 Å². The molecule has 0 aromatic heterocycles. The van der Waals surface area contributed by atoms with Crippen molar-refractivity contribution in [2.45, 2.75) is 18.2 Å². The van der Waals surface area contributed by atoms with E-state index >= 15 is 0 Å². The lowest BCUT2D eigenvalue weighted by molar-refractivity contribution is -0.116. The highest BCUT2D eigenvalue weighted by molar-refractivity contribution is 7.89. The molecule has 0 saturated carbocycles. The highest BCUT2D eigenvalue weighted by Crippen LogP contribution is 2.19. The van der Waals surface area contributed by atoms with Crippen LogP contribution in [0.4, 0.5) is 10.1 Å². The lowest BCUT2D eigenvalue weighted by Gasteiger charge is -2.08. The van der Waals surface area contributed by atoms with Gasteiger partial charge in [-0.3, -0.25) is 4.79 Å². The number of anilines is 1. The second kappa shape index (κ2) is 7.74. The molecule has 0 radical (unpaired) electrons. The molecule has 0 unspecified atom stereocenters. The minimum atomic E-state index is -3.66. The van der Waals surface area contributed by atoms with Crippen molar-refractivity contribution in [2.24, 2.45) is 0 Å². The average molecular weight is 371 g/mol. The normalized spacial score (nSPS) is 11.3. The fourth-order valence-corrected chi connectivity index (χ4v) is 3.11. The van der Waals surface area contributed by atoms with E-state index in [4.69, 9.17) is 11.6 Å². The smallest absolute Gasteiger partial charge is 0.240 e. The molecule has 0 saturated heterocycles. The Bertz CT molecular complexity index is 839. The fraction of sp³-hybridized carbons (Fsp3) is 0.188. The predicted octanol–water partition coefficient (Wildman–Crippen LogP) is 3.09. The molecule has 24 heavy (non-hydrogen) atoms. The van der Waals surface area contributed by atoms with Gasteiger partial charge >= 0.3 is 0 Å². The van der Waals surface area contributed by atoms with E-state index in [2.05, 4.69) is 10.0 Å². The number of benzene rings is 2. The van der Waals surface area contributed by atoms with Crippen molar-refractivity contribution in [3.63, 3.8) is 0 Å². The van der Waals surface area contributed by atoms with Crippen molar-refractivity contribution in [3.05, 3.63) is 58.9 Å². The Kier molecular flexibility index (Phi) is 5.93. The van der Waals surface area contributed by atoms with Crippen LogP contribution < -0.4 is 10.0 Å². The number of carbonyl (C=O) groups excluding carboxylic acids is 1. The molecule has 2 aromatic rings. The van der Waals surface area contributed by atoms with Gasteiger partial charge in [0.25, 0.3) is 0 Å². The third kappa shape index (κ3) is 5.02. The number of aryl methyl sites for hydroxylation is 1. The minimum absolute atomic E-state index is 0.0586. The quantitative estimate of drug-likeness (QED) is 0.820. The Morgan fingerprint density at radius 1 is 1.17 bits per heavy atom. The van der Waals surface area contributed by atoms with Crippen LogP contribution in [0.5, 0.6) is 0 Å². The van der Waals surface area contributed by atoms with E-state index in [1.54, 1.807) is 12.1 Å². The van der Waals surface area contributed by atoms with Gasteiger partial charge in [0, 0.05) is 18.7 Å². The largest absolute Gasteiger partial charge is 0.326 e. The molecule has 2 aromatic carbocycles. The average Bonchev–Trinajstić information content (AvgIpc) is 2.51. The van der Waals surface area contributed by atoms with Crippen LogP contribution in [0.2, 0.25) is 5.02 Å². The van der Waals surface area contributed by atoms with E-state index < -0.39 is 21.7 Å². The van der Waals surface area contributed by atoms with Crippen molar-refractivity contribution >= 4 is 33.2 Å². The monoisotopic (exact) mass is 370 g/mol. The van der Waals surface area contributed by atoms with E-state index in [9.17, 15) is 17.6 Å². The first kappa shape index (κ1) is 18.4. The van der Waals surface area contributed by atoms with Gasteiger partial charge in [-0.15, -0.1) is 0 Å². The fourth-order valence-electron chi connectivity index (χ4n) is 1.90. The number of halogens is 2. The van der Waals surface area contributed by atoms with E-state index in [0.717, 1.165) is 11.6 Å². The van der Waals surface area contributed by atoms with Gasteiger partial charge in [0.2, 0.25) is 15.9 Å². The number of sulfonamides is 1. The molecule has 0 heterocycles. The number of nitrogens with one attached hydrogen (secondary N) is 2. The second-order valence-electron chi connectivity index (χ2n) is 5.14. The summed E-state index contributed by atoms with van der Waals surface area (Å²) in [5.74, 6) is -0.996. The standard InChI is InChI=1S/C16H16ClFN2O3S/c1-11-2-5-13(6-3-11)24(22,23)19-9-8-16(21)20-12-4-7-15(18)14(17)10-12/h2-7,10,19H,8-9H2,1H3,(H,20,21). The Balaban J connectivity index is 1.87. The van der Waals surface area contributed by atoms with Crippen LogP contribution in [0.25, 0.3) is 0 Å². The van der Waals surface area contributed by atoms with Gasteiger partial charge in [-0.05, 0) is 37.3 Å². The van der Waals surface area contributed by atoms with Crippen molar-refractivity contribution in [3.8, 4) is 0 Å². The van der Waals surface area contributed by atoms with Crippen molar-refractivity contribution < 1.29 is 17.6 Å². The van der Waals surface area contributed by atoms with Gasteiger partial charge in [0.05, 0.1) is 9.92 Å². The van der Waals surface area contributed by atoms with Gasteiger partial charge in [-0.25, -0.2) is 17.5 Å². The van der Waals surface area contributed by atoms with Crippen LogP contribution in [0.1, 0.15) is 12.0 Å². The lowest BCUT2D eigenvalue weighted by Crippen LogP contribution is -2.27. The first-order valence-electron chi connectivity index (χ1n) is 7.09. The summed E-state index contributed by atoms with van der Waals surface area (Å²) < 4.78 is 39.5. The number of hydrogen-bond acceptors (Lipinski definition) is 3. The molecule has 1 amide bonds. The van der Waals surface area contributed by atoms with Crippen LogP contribution >= 0.6 is 11.6 Å². The Morgan fingerprint density at radius 3 is 2.46 bits per heavy atom. The van der Waals surface area contributed by atoms with Gasteiger partial charge in [-0.2, -0.15) is 0 Å². The second-order valence-corrected chi connectivity index (χ2v) is 7.31. The highest BCUT2D eigenvalue weighted by atomic mass is 35.5. The molecule has 0 spiro atoms. The van der Waals surface area contributed by atoms with Crippen LogP contribution in [0.15, 0.2) is 47.4 Å². The maximum absolute atomic E-state index is 13.0. The van der Waals surface area contributed by atoms with Gasteiger partial charge in [0.15, 0.2) is 0 Å². The first-order chi connectivity index (χ1) is 11.3. The Labute approximate surface area is 144 Å². The molecular weight excluding hydrogens is 355 g/mol. The summed E-state index contributed by atoms with van der Waals surface area (Å²) in [4.78, 5) is 11.9. The topological polar surface area (TPSA) is 75.3 Å². The molecule has 0 fully saturated rings. The SMILES string of the molecule is Cc1ccc(S(=O)(=O)NCCC(=O)Nc2ccc(F)c(Cl)c2)cc1. The summed E-state index contributed by atoms with van der Waals surface area (Å²) in [6, 6.07) is 10.2. The van der Waals surface area contributed by atoms with Gasteiger partial charge in [-0.1, -0.05) is 29.3 Å². The minimum Gasteiger partial charge on any atom is -0.326 e. The van der Waals surface area contributed by atoms with Crippen LogP contribution in [0, 0.1) is 12.7 Å². The summed E-state index contributed by atoms with van der Waals surface area (Å²) in [5, 5.41) is 2.41.